The molecule has 24 heavy (non-hydrogen) atoms. The number of pyridine rings is 2. The summed E-state index contributed by atoms with van der Waals surface area (Å²) in [5.41, 5.74) is 9.78. The topological polar surface area (TPSA) is 98.3 Å². The molecule has 1 aliphatic rings. The van der Waals surface area contributed by atoms with E-state index in [4.69, 9.17) is 10.5 Å². The number of aromatic nitrogens is 2. The van der Waals surface area contributed by atoms with E-state index in [9.17, 15) is 9.90 Å². The van der Waals surface area contributed by atoms with Gasteiger partial charge in [-0.2, -0.15) is 0 Å². The zero-order valence-corrected chi connectivity index (χ0v) is 12.8. The number of aliphatic hydroxyl groups excluding tert-OH is 1. The van der Waals surface area contributed by atoms with Gasteiger partial charge in [-0.25, -0.2) is 0 Å². The number of nitrogens with two attached hydrogens (primary N) is 1. The minimum absolute atomic E-state index is 0.274. The average molecular weight is 321 g/mol. The van der Waals surface area contributed by atoms with E-state index >= 15 is 0 Å². The molecule has 1 amide bonds. The van der Waals surface area contributed by atoms with Crippen molar-refractivity contribution in [2.24, 2.45) is 5.73 Å². The van der Waals surface area contributed by atoms with Crippen LogP contribution in [0.5, 0.6) is 0 Å². The third-order valence-electron chi connectivity index (χ3n) is 4.26. The van der Waals surface area contributed by atoms with Crippen LogP contribution < -0.4 is 5.73 Å². The lowest BCUT2D eigenvalue weighted by atomic mass is 9.95. The smallest absolute Gasteiger partial charge is 0.250 e. The van der Waals surface area contributed by atoms with Gasteiger partial charge in [0.25, 0.3) is 5.91 Å². The van der Waals surface area contributed by atoms with Gasteiger partial charge in [0, 0.05) is 40.7 Å². The van der Waals surface area contributed by atoms with Gasteiger partial charge in [0.05, 0.1) is 24.3 Å². The molecular formula is C18H15N3O3. The molecule has 0 aliphatic carbocycles. The van der Waals surface area contributed by atoms with Crippen molar-refractivity contribution in [2.45, 2.75) is 12.7 Å². The molecule has 0 radical (unpaired) electrons. The van der Waals surface area contributed by atoms with Crippen LogP contribution in [0.4, 0.5) is 0 Å². The van der Waals surface area contributed by atoms with Crippen molar-refractivity contribution in [3.05, 3.63) is 59.5 Å². The van der Waals surface area contributed by atoms with Crippen LogP contribution in [0, 0.1) is 0 Å². The summed E-state index contributed by atoms with van der Waals surface area (Å²) < 4.78 is 5.45. The van der Waals surface area contributed by atoms with Gasteiger partial charge in [0.2, 0.25) is 0 Å². The molecule has 4 rings (SSSR count). The first kappa shape index (κ1) is 14.7. The summed E-state index contributed by atoms with van der Waals surface area (Å²) in [6, 6.07) is 7.26. The standard InChI is InChI=1S/C18H15N3O3/c19-18(23)12-3-1-2-10-4-11(5-21-17(10)12)13-6-20-7-14-15(13)8-24-9-16(14)22/h1-7,16,22H,8-9H2,(H2,19,23). The summed E-state index contributed by atoms with van der Waals surface area (Å²) in [5.74, 6) is -0.504. The number of primary amides is 1. The molecule has 0 saturated heterocycles. The number of amides is 1. The number of hydrogen-bond donors (Lipinski definition) is 2. The first-order valence-corrected chi connectivity index (χ1v) is 7.56. The summed E-state index contributed by atoms with van der Waals surface area (Å²) >= 11 is 0. The van der Waals surface area contributed by atoms with E-state index in [-0.39, 0.29) is 6.61 Å². The number of fused-ring (bicyclic) bond motifs is 2. The van der Waals surface area contributed by atoms with E-state index in [2.05, 4.69) is 9.97 Å². The SMILES string of the molecule is NC(=O)c1cccc2cc(-c3cncc4c3COCC4O)cnc12. The molecule has 1 atom stereocenters. The van der Waals surface area contributed by atoms with Crippen molar-refractivity contribution in [3.8, 4) is 11.1 Å². The lowest BCUT2D eigenvalue weighted by Crippen LogP contribution is -2.17. The highest BCUT2D eigenvalue weighted by Crippen LogP contribution is 2.33. The first-order chi connectivity index (χ1) is 11.6. The van der Waals surface area contributed by atoms with Crippen molar-refractivity contribution in [3.63, 3.8) is 0 Å². The molecule has 120 valence electrons. The van der Waals surface area contributed by atoms with Crippen LogP contribution in [-0.4, -0.2) is 27.6 Å². The second-order valence-corrected chi connectivity index (χ2v) is 5.75. The zero-order chi connectivity index (χ0) is 16.7. The maximum absolute atomic E-state index is 11.5. The number of rotatable bonds is 2. The minimum Gasteiger partial charge on any atom is -0.386 e. The molecule has 0 fully saturated rings. The summed E-state index contributed by atoms with van der Waals surface area (Å²) in [5, 5.41) is 10.9. The van der Waals surface area contributed by atoms with Gasteiger partial charge in [-0.15, -0.1) is 0 Å². The maximum Gasteiger partial charge on any atom is 0.250 e. The van der Waals surface area contributed by atoms with E-state index in [1.165, 1.54) is 0 Å². The molecule has 3 aromatic rings. The summed E-state index contributed by atoms with van der Waals surface area (Å²) in [6.07, 6.45) is 4.43. The van der Waals surface area contributed by atoms with Gasteiger partial charge < -0.3 is 15.6 Å². The summed E-state index contributed by atoms with van der Waals surface area (Å²) in [7, 11) is 0. The number of carbonyl (C=O) groups is 1. The molecule has 1 aromatic carbocycles. The third kappa shape index (κ3) is 2.33. The molecule has 3 N–H and O–H groups in total. The first-order valence-electron chi connectivity index (χ1n) is 7.56. The minimum atomic E-state index is -0.670. The molecule has 3 heterocycles. The Hall–Kier alpha value is -2.83. The Kier molecular flexibility index (Phi) is 3.48. The zero-order valence-electron chi connectivity index (χ0n) is 12.8. The van der Waals surface area contributed by atoms with Crippen LogP contribution in [0.1, 0.15) is 27.6 Å². The largest absolute Gasteiger partial charge is 0.386 e. The van der Waals surface area contributed by atoms with Gasteiger partial charge >= 0.3 is 0 Å². The van der Waals surface area contributed by atoms with Gasteiger partial charge in [0.1, 0.15) is 6.10 Å². The third-order valence-corrected chi connectivity index (χ3v) is 4.26. The van der Waals surface area contributed by atoms with Gasteiger partial charge in [-0.05, 0) is 17.7 Å². The van der Waals surface area contributed by atoms with E-state index in [0.29, 0.717) is 17.7 Å². The average Bonchev–Trinajstić information content (AvgIpc) is 2.60. The van der Waals surface area contributed by atoms with Gasteiger partial charge in [0.15, 0.2) is 0 Å². The lowest BCUT2D eigenvalue weighted by Gasteiger charge is -2.23. The molecule has 6 nitrogen and oxygen atoms in total. The highest BCUT2D eigenvalue weighted by molar-refractivity contribution is 6.05. The van der Waals surface area contributed by atoms with Gasteiger partial charge in [-0.3, -0.25) is 14.8 Å². The van der Waals surface area contributed by atoms with E-state index < -0.39 is 12.0 Å². The fourth-order valence-corrected chi connectivity index (χ4v) is 3.07. The quantitative estimate of drug-likeness (QED) is 0.752. The Morgan fingerprint density at radius 2 is 2.17 bits per heavy atom. The maximum atomic E-state index is 11.5. The van der Waals surface area contributed by atoms with Crippen LogP contribution in [0.15, 0.2) is 42.9 Å². The van der Waals surface area contributed by atoms with E-state index in [1.54, 1.807) is 30.7 Å². The number of hydrogen-bond acceptors (Lipinski definition) is 5. The van der Waals surface area contributed by atoms with Crippen LogP contribution >= 0.6 is 0 Å². The molecule has 0 bridgehead atoms. The molecule has 6 heteroatoms. The number of aliphatic hydroxyl groups is 1. The van der Waals surface area contributed by atoms with Crippen molar-refractivity contribution < 1.29 is 14.6 Å². The molecule has 2 aromatic heterocycles. The number of ether oxygens (including phenoxy) is 1. The van der Waals surface area contributed by atoms with E-state index in [1.807, 2.05) is 12.1 Å². The molecular weight excluding hydrogens is 306 g/mol. The molecule has 0 spiro atoms. The normalized spacial score (nSPS) is 16.8. The Balaban J connectivity index is 1.89. The molecule has 1 aliphatic heterocycles. The Morgan fingerprint density at radius 3 is 3.00 bits per heavy atom. The van der Waals surface area contributed by atoms with Gasteiger partial charge in [-0.1, -0.05) is 12.1 Å². The summed E-state index contributed by atoms with van der Waals surface area (Å²) in [4.78, 5) is 20.2. The van der Waals surface area contributed by atoms with E-state index in [0.717, 1.165) is 27.6 Å². The number of para-hydroxylation sites is 1. The second-order valence-electron chi connectivity index (χ2n) is 5.75. The van der Waals surface area contributed by atoms with Crippen molar-refractivity contribution in [2.75, 3.05) is 6.61 Å². The fraction of sp³-hybridized carbons (Fsp3) is 0.167. The highest BCUT2D eigenvalue weighted by atomic mass is 16.5. The monoisotopic (exact) mass is 321 g/mol. The van der Waals surface area contributed by atoms with Crippen molar-refractivity contribution in [1.29, 1.82) is 0 Å². The number of carbonyl (C=O) groups excluding carboxylic acids is 1. The van der Waals surface area contributed by atoms with Crippen molar-refractivity contribution >= 4 is 16.8 Å². The summed E-state index contributed by atoms with van der Waals surface area (Å²) in [6.45, 7) is 0.694. The Morgan fingerprint density at radius 1 is 1.29 bits per heavy atom. The van der Waals surface area contributed by atoms with Crippen LogP contribution in [0.2, 0.25) is 0 Å². The molecule has 0 saturated carbocycles. The lowest BCUT2D eigenvalue weighted by molar-refractivity contribution is 0.00981. The predicted octanol–water partition coefficient (Wildman–Crippen LogP) is 1.96. The molecule has 1 unspecified atom stereocenters. The highest BCUT2D eigenvalue weighted by Gasteiger charge is 2.22. The number of benzene rings is 1. The van der Waals surface area contributed by atoms with Crippen LogP contribution in [0.25, 0.3) is 22.0 Å². The fourth-order valence-electron chi connectivity index (χ4n) is 3.07. The van der Waals surface area contributed by atoms with Crippen LogP contribution in [0.3, 0.4) is 0 Å². The second kappa shape index (κ2) is 5.67. The Labute approximate surface area is 137 Å². The number of nitrogens with zero attached hydrogens (tertiary/aromatic N) is 2. The predicted molar refractivity (Wildman–Crippen MR) is 88.1 cm³/mol. The van der Waals surface area contributed by atoms with Crippen LogP contribution in [-0.2, 0) is 11.3 Å². The van der Waals surface area contributed by atoms with Crippen molar-refractivity contribution in [1.82, 2.24) is 9.97 Å². The Bertz CT molecular complexity index is 955.